The molecule has 0 saturated heterocycles. The van der Waals surface area contributed by atoms with E-state index in [1.807, 2.05) is 0 Å². The normalized spacial score (nSPS) is 10.6. The summed E-state index contributed by atoms with van der Waals surface area (Å²) in [7, 11) is 0. The van der Waals surface area contributed by atoms with Crippen molar-refractivity contribution in [1.82, 2.24) is 9.88 Å². The number of nitrogens with one attached hydrogen (secondary N) is 1. The number of hydrogen-bond donors (Lipinski definition) is 2. The summed E-state index contributed by atoms with van der Waals surface area (Å²) in [6.45, 7) is 1.35. The lowest BCUT2D eigenvalue weighted by molar-refractivity contribution is 0.0861. The Balaban J connectivity index is 1.92. The van der Waals surface area contributed by atoms with Gasteiger partial charge in [0.25, 0.3) is 17.4 Å². The zero-order valence-electron chi connectivity index (χ0n) is 13.7. The van der Waals surface area contributed by atoms with Crippen molar-refractivity contribution in [3.8, 4) is 0 Å². The summed E-state index contributed by atoms with van der Waals surface area (Å²) in [6, 6.07) is 15.3. The van der Waals surface area contributed by atoms with Crippen molar-refractivity contribution in [2.24, 2.45) is 0 Å². The van der Waals surface area contributed by atoms with Gasteiger partial charge in [-0.05, 0) is 42.6 Å². The van der Waals surface area contributed by atoms with Crippen molar-refractivity contribution in [2.75, 3.05) is 12.3 Å². The molecule has 0 unspecified atom stereocenters. The number of carbonyl (C=O) groups is 2. The summed E-state index contributed by atoms with van der Waals surface area (Å²) in [5.41, 5.74) is 7.13. The number of nitrogens with two attached hydrogens (primary N) is 1. The molecule has 3 N–H and O–H groups in total. The summed E-state index contributed by atoms with van der Waals surface area (Å²) in [6.07, 6.45) is 0. The molecule has 1 amide bonds. The minimum absolute atomic E-state index is 0.291. The van der Waals surface area contributed by atoms with E-state index >= 15 is 0 Å². The Morgan fingerprint density at radius 3 is 2.52 bits per heavy atom. The van der Waals surface area contributed by atoms with Gasteiger partial charge in [0.05, 0.1) is 12.1 Å². The number of rotatable bonds is 3. The highest BCUT2D eigenvalue weighted by Crippen LogP contribution is 2.17. The first-order valence-corrected chi connectivity index (χ1v) is 7.76. The van der Waals surface area contributed by atoms with Crippen LogP contribution in [0.15, 0.2) is 59.4 Å². The molecule has 0 aliphatic rings. The van der Waals surface area contributed by atoms with Gasteiger partial charge < -0.3 is 11.1 Å². The number of nitrogens with zero attached hydrogens (tertiary/aromatic N) is 1. The Morgan fingerprint density at radius 1 is 1.08 bits per heavy atom. The van der Waals surface area contributed by atoms with Gasteiger partial charge in [-0.15, -0.1) is 0 Å². The number of hydrogen-bond acceptors (Lipinski definition) is 4. The molecule has 0 atom stereocenters. The summed E-state index contributed by atoms with van der Waals surface area (Å²) in [5, 5.41) is 3.27. The van der Waals surface area contributed by atoms with E-state index in [1.54, 1.807) is 61.5 Å². The lowest BCUT2D eigenvalue weighted by Crippen LogP contribution is -2.37. The average molecular weight is 335 g/mol. The molecule has 126 valence electrons. The largest absolute Gasteiger partial charge is 0.399 e. The van der Waals surface area contributed by atoms with Crippen LogP contribution in [0, 0.1) is 6.92 Å². The number of aromatic nitrogens is 1. The second kappa shape index (κ2) is 6.60. The van der Waals surface area contributed by atoms with E-state index in [1.165, 1.54) is 0 Å². The lowest BCUT2D eigenvalue weighted by atomic mass is 10.1. The number of pyridine rings is 1. The molecule has 0 aliphatic carbocycles. The monoisotopic (exact) mass is 335 g/mol. The van der Waals surface area contributed by atoms with Crippen LogP contribution in [0.3, 0.4) is 0 Å². The SMILES string of the molecule is Cc1cc2ccc(N)cc2n(C(=O)CNC(=O)c2ccccc2)c1=O. The van der Waals surface area contributed by atoms with Crippen molar-refractivity contribution in [3.63, 3.8) is 0 Å². The van der Waals surface area contributed by atoms with E-state index in [4.69, 9.17) is 5.73 Å². The molecule has 6 heteroatoms. The Morgan fingerprint density at radius 2 is 1.80 bits per heavy atom. The third-order valence-corrected chi connectivity index (χ3v) is 3.89. The predicted octanol–water partition coefficient (Wildman–Crippen LogP) is 1.96. The number of aryl methyl sites for hydroxylation is 1. The summed E-state index contributed by atoms with van der Waals surface area (Å²) >= 11 is 0. The van der Waals surface area contributed by atoms with Crippen molar-refractivity contribution in [1.29, 1.82) is 0 Å². The van der Waals surface area contributed by atoms with Crippen LogP contribution in [0.5, 0.6) is 0 Å². The Labute approximate surface area is 143 Å². The van der Waals surface area contributed by atoms with Crippen molar-refractivity contribution in [3.05, 3.63) is 76.1 Å². The van der Waals surface area contributed by atoms with Gasteiger partial charge in [0, 0.05) is 16.8 Å². The van der Waals surface area contributed by atoms with E-state index < -0.39 is 11.5 Å². The number of benzene rings is 2. The summed E-state index contributed by atoms with van der Waals surface area (Å²) < 4.78 is 1.06. The van der Waals surface area contributed by atoms with Crippen LogP contribution in [0.1, 0.15) is 20.7 Å². The highest BCUT2D eigenvalue weighted by molar-refractivity contribution is 5.98. The smallest absolute Gasteiger partial charge is 0.260 e. The second-order valence-corrected chi connectivity index (χ2v) is 5.73. The fraction of sp³-hybridized carbons (Fsp3) is 0.105. The molecule has 3 rings (SSSR count). The van der Waals surface area contributed by atoms with Crippen LogP contribution in [-0.4, -0.2) is 22.9 Å². The minimum atomic E-state index is -0.520. The second-order valence-electron chi connectivity index (χ2n) is 5.73. The Bertz CT molecular complexity index is 1020. The maximum Gasteiger partial charge on any atom is 0.260 e. The summed E-state index contributed by atoms with van der Waals surface area (Å²) in [5.74, 6) is -0.896. The van der Waals surface area contributed by atoms with Crippen LogP contribution < -0.4 is 16.6 Å². The summed E-state index contributed by atoms with van der Waals surface area (Å²) in [4.78, 5) is 37.1. The topological polar surface area (TPSA) is 94.2 Å². The fourth-order valence-electron chi connectivity index (χ4n) is 2.63. The first kappa shape index (κ1) is 16.4. The minimum Gasteiger partial charge on any atom is -0.399 e. The van der Waals surface area contributed by atoms with Gasteiger partial charge in [-0.1, -0.05) is 24.3 Å². The standard InChI is InChI=1S/C19H17N3O3/c1-12-9-14-7-8-15(20)10-16(14)22(19(12)25)17(23)11-21-18(24)13-5-3-2-4-6-13/h2-10H,11,20H2,1H3,(H,21,24). The molecule has 0 bridgehead atoms. The third kappa shape index (κ3) is 3.28. The van der Waals surface area contributed by atoms with Gasteiger partial charge in [-0.3, -0.25) is 14.4 Å². The van der Waals surface area contributed by atoms with E-state index in [0.717, 1.165) is 9.95 Å². The molecule has 0 aliphatic heterocycles. The van der Waals surface area contributed by atoms with Gasteiger partial charge >= 0.3 is 0 Å². The van der Waals surface area contributed by atoms with Crippen LogP contribution in [-0.2, 0) is 0 Å². The van der Waals surface area contributed by atoms with Gasteiger partial charge in [-0.25, -0.2) is 4.57 Å². The first-order valence-electron chi connectivity index (χ1n) is 7.76. The van der Waals surface area contributed by atoms with Crippen molar-refractivity contribution >= 4 is 28.4 Å². The van der Waals surface area contributed by atoms with Gasteiger partial charge in [0.2, 0.25) is 0 Å². The molecule has 0 saturated carbocycles. The zero-order valence-corrected chi connectivity index (χ0v) is 13.7. The van der Waals surface area contributed by atoms with Gasteiger partial charge in [0.1, 0.15) is 0 Å². The highest BCUT2D eigenvalue weighted by atomic mass is 16.2. The molecular weight excluding hydrogens is 318 g/mol. The molecule has 0 radical (unpaired) electrons. The van der Waals surface area contributed by atoms with E-state index in [0.29, 0.717) is 22.3 Å². The number of carbonyl (C=O) groups excluding carboxylic acids is 2. The maximum atomic E-state index is 12.6. The molecular formula is C19H17N3O3. The van der Waals surface area contributed by atoms with E-state index in [2.05, 4.69) is 5.32 Å². The molecule has 1 heterocycles. The molecule has 2 aromatic carbocycles. The van der Waals surface area contributed by atoms with Crippen LogP contribution >= 0.6 is 0 Å². The van der Waals surface area contributed by atoms with E-state index in [-0.39, 0.29) is 12.5 Å². The lowest BCUT2D eigenvalue weighted by Gasteiger charge is -2.12. The zero-order chi connectivity index (χ0) is 18.0. The van der Waals surface area contributed by atoms with Crippen LogP contribution in [0.4, 0.5) is 5.69 Å². The maximum absolute atomic E-state index is 12.6. The van der Waals surface area contributed by atoms with E-state index in [9.17, 15) is 14.4 Å². The predicted molar refractivity (Wildman–Crippen MR) is 96.8 cm³/mol. The van der Waals surface area contributed by atoms with Crippen LogP contribution in [0.2, 0.25) is 0 Å². The third-order valence-electron chi connectivity index (χ3n) is 3.89. The Hall–Kier alpha value is -3.41. The fourth-order valence-corrected chi connectivity index (χ4v) is 2.63. The van der Waals surface area contributed by atoms with Crippen molar-refractivity contribution in [2.45, 2.75) is 6.92 Å². The number of nitrogen functional groups attached to an aromatic ring is 1. The molecule has 0 fully saturated rings. The molecule has 3 aromatic rings. The Kier molecular flexibility index (Phi) is 4.35. The molecule has 6 nitrogen and oxygen atoms in total. The van der Waals surface area contributed by atoms with Gasteiger partial charge in [-0.2, -0.15) is 0 Å². The average Bonchev–Trinajstić information content (AvgIpc) is 2.61. The van der Waals surface area contributed by atoms with Crippen molar-refractivity contribution < 1.29 is 9.59 Å². The van der Waals surface area contributed by atoms with Gasteiger partial charge in [0.15, 0.2) is 0 Å². The quantitative estimate of drug-likeness (QED) is 0.716. The number of anilines is 1. The van der Waals surface area contributed by atoms with Crippen LogP contribution in [0.25, 0.3) is 10.9 Å². The molecule has 25 heavy (non-hydrogen) atoms. The first-order chi connectivity index (χ1) is 12.0. The molecule has 0 spiro atoms. The number of amides is 1. The highest BCUT2D eigenvalue weighted by Gasteiger charge is 2.15. The molecule has 1 aromatic heterocycles. The number of fused-ring (bicyclic) bond motifs is 1.